The van der Waals surface area contributed by atoms with Crippen molar-refractivity contribution < 1.29 is 4.79 Å². The fraction of sp³-hybridized carbons (Fsp3) is 0.333. The van der Waals surface area contributed by atoms with Gasteiger partial charge in [0.2, 0.25) is 5.91 Å². The Labute approximate surface area is 147 Å². The van der Waals surface area contributed by atoms with Gasteiger partial charge in [-0.1, -0.05) is 30.3 Å². The van der Waals surface area contributed by atoms with Crippen molar-refractivity contribution in [3.8, 4) is 11.3 Å². The summed E-state index contributed by atoms with van der Waals surface area (Å²) in [6.07, 6.45) is 0.733. The molecule has 1 heterocycles. The van der Waals surface area contributed by atoms with Gasteiger partial charge in [0.1, 0.15) is 0 Å². The molecular formula is C15H21Cl2N3OS. The van der Waals surface area contributed by atoms with Crippen LogP contribution >= 0.6 is 36.2 Å². The molecule has 1 amide bonds. The number of nitrogens with zero attached hydrogens (tertiary/aromatic N) is 1. The monoisotopic (exact) mass is 361 g/mol. The van der Waals surface area contributed by atoms with Gasteiger partial charge < -0.3 is 11.1 Å². The average molecular weight is 362 g/mol. The van der Waals surface area contributed by atoms with Gasteiger partial charge in [0.05, 0.1) is 16.7 Å². The normalized spacial score (nSPS) is 11.0. The smallest absolute Gasteiger partial charge is 0.236 e. The van der Waals surface area contributed by atoms with Gasteiger partial charge in [0.15, 0.2) is 0 Å². The second-order valence-electron chi connectivity index (χ2n) is 4.71. The molecule has 0 unspecified atom stereocenters. The summed E-state index contributed by atoms with van der Waals surface area (Å²) in [5, 5.41) is 3.84. The number of nitrogens with one attached hydrogen (secondary N) is 1. The van der Waals surface area contributed by atoms with E-state index in [4.69, 9.17) is 5.73 Å². The van der Waals surface area contributed by atoms with Gasteiger partial charge in [-0.15, -0.1) is 36.2 Å². The minimum Gasteiger partial charge on any atom is -0.354 e. The lowest BCUT2D eigenvalue weighted by Gasteiger charge is -2.05. The van der Waals surface area contributed by atoms with E-state index in [0.717, 1.165) is 22.7 Å². The van der Waals surface area contributed by atoms with Crippen LogP contribution in [0.4, 0.5) is 0 Å². The summed E-state index contributed by atoms with van der Waals surface area (Å²) in [5.74, 6) is -0.124. The maximum absolute atomic E-state index is 11.4. The first-order valence-corrected chi connectivity index (χ1v) is 7.44. The zero-order valence-corrected chi connectivity index (χ0v) is 15.0. The van der Waals surface area contributed by atoms with Crippen LogP contribution in [0, 0.1) is 6.92 Å². The van der Waals surface area contributed by atoms with Crippen molar-refractivity contribution in [2.75, 3.05) is 6.54 Å². The Balaban J connectivity index is 0.00000220. The van der Waals surface area contributed by atoms with Gasteiger partial charge in [0, 0.05) is 23.4 Å². The third-order valence-electron chi connectivity index (χ3n) is 2.94. The van der Waals surface area contributed by atoms with Crippen molar-refractivity contribution in [2.45, 2.75) is 26.3 Å². The Kier molecular flexibility index (Phi) is 9.28. The predicted molar refractivity (Wildman–Crippen MR) is 97.1 cm³/mol. The average Bonchev–Trinajstić information content (AvgIpc) is 2.80. The molecule has 22 heavy (non-hydrogen) atoms. The number of hydrogen-bond acceptors (Lipinski definition) is 4. The minimum atomic E-state index is -0.465. The van der Waals surface area contributed by atoms with Crippen LogP contribution in [-0.4, -0.2) is 23.5 Å². The van der Waals surface area contributed by atoms with E-state index in [2.05, 4.69) is 29.4 Å². The van der Waals surface area contributed by atoms with Crippen molar-refractivity contribution in [1.82, 2.24) is 10.3 Å². The fourth-order valence-corrected chi connectivity index (χ4v) is 2.83. The van der Waals surface area contributed by atoms with Crippen molar-refractivity contribution >= 4 is 42.1 Å². The molecule has 0 aliphatic carbocycles. The van der Waals surface area contributed by atoms with E-state index >= 15 is 0 Å². The highest BCUT2D eigenvalue weighted by molar-refractivity contribution is 7.12. The first-order chi connectivity index (χ1) is 9.58. The van der Waals surface area contributed by atoms with E-state index in [9.17, 15) is 4.79 Å². The largest absolute Gasteiger partial charge is 0.354 e. The van der Waals surface area contributed by atoms with Crippen LogP contribution in [0.15, 0.2) is 30.3 Å². The summed E-state index contributed by atoms with van der Waals surface area (Å²) in [6, 6.07) is 9.67. The van der Waals surface area contributed by atoms with Crippen LogP contribution in [0.2, 0.25) is 0 Å². The van der Waals surface area contributed by atoms with Crippen molar-refractivity contribution in [2.24, 2.45) is 5.73 Å². The standard InChI is InChI=1S/C15H19N3OS.2ClH/c1-10(16)15(19)17-9-8-13-18-14(11(2)20-13)12-6-4-3-5-7-12;;/h3-7,10H,8-9,16H2,1-2H3,(H,17,19);2*1H/t10-;;/m1../s1. The van der Waals surface area contributed by atoms with Crippen LogP contribution in [0.5, 0.6) is 0 Å². The van der Waals surface area contributed by atoms with Crippen LogP contribution in [-0.2, 0) is 11.2 Å². The molecule has 4 nitrogen and oxygen atoms in total. The quantitative estimate of drug-likeness (QED) is 0.859. The number of aromatic nitrogens is 1. The van der Waals surface area contributed by atoms with Gasteiger partial charge in [0.25, 0.3) is 0 Å². The van der Waals surface area contributed by atoms with Crippen LogP contribution < -0.4 is 11.1 Å². The van der Waals surface area contributed by atoms with Gasteiger partial charge in [-0.25, -0.2) is 4.98 Å². The van der Waals surface area contributed by atoms with E-state index < -0.39 is 6.04 Å². The zero-order chi connectivity index (χ0) is 14.5. The fourth-order valence-electron chi connectivity index (χ4n) is 1.88. The second-order valence-corrected chi connectivity index (χ2v) is 6.00. The number of benzene rings is 1. The molecule has 122 valence electrons. The number of carbonyl (C=O) groups excluding carboxylic acids is 1. The molecule has 0 fully saturated rings. The van der Waals surface area contributed by atoms with Crippen LogP contribution in [0.3, 0.4) is 0 Å². The minimum absolute atomic E-state index is 0. The highest BCUT2D eigenvalue weighted by Crippen LogP contribution is 2.27. The Hall–Kier alpha value is -1.14. The number of aryl methyl sites for hydroxylation is 1. The number of nitrogens with two attached hydrogens (primary N) is 1. The molecule has 1 atom stereocenters. The molecule has 7 heteroatoms. The molecule has 0 aliphatic rings. The molecule has 0 spiro atoms. The third kappa shape index (κ3) is 5.57. The van der Waals surface area contributed by atoms with Crippen molar-refractivity contribution in [1.29, 1.82) is 0 Å². The molecule has 0 bridgehead atoms. The first-order valence-electron chi connectivity index (χ1n) is 6.63. The van der Waals surface area contributed by atoms with E-state index in [1.807, 2.05) is 18.2 Å². The molecular weight excluding hydrogens is 341 g/mol. The summed E-state index contributed by atoms with van der Waals surface area (Å²) in [7, 11) is 0. The maximum Gasteiger partial charge on any atom is 0.236 e. The second kappa shape index (κ2) is 9.79. The molecule has 2 rings (SSSR count). The van der Waals surface area contributed by atoms with Gasteiger partial charge >= 0.3 is 0 Å². The maximum atomic E-state index is 11.4. The highest BCUT2D eigenvalue weighted by Gasteiger charge is 2.10. The van der Waals surface area contributed by atoms with Crippen LogP contribution in [0.25, 0.3) is 11.3 Å². The summed E-state index contributed by atoms with van der Waals surface area (Å²) in [4.78, 5) is 17.2. The van der Waals surface area contributed by atoms with Gasteiger partial charge in [-0.2, -0.15) is 0 Å². The topological polar surface area (TPSA) is 68.0 Å². The summed E-state index contributed by atoms with van der Waals surface area (Å²) < 4.78 is 0. The molecule has 0 aliphatic heterocycles. The molecule has 1 aromatic heterocycles. The third-order valence-corrected chi connectivity index (χ3v) is 3.97. The van der Waals surface area contributed by atoms with E-state index in [-0.39, 0.29) is 30.7 Å². The Morgan fingerprint density at radius 1 is 1.32 bits per heavy atom. The Morgan fingerprint density at radius 2 is 1.95 bits per heavy atom. The Morgan fingerprint density at radius 3 is 2.55 bits per heavy atom. The Bertz CT molecular complexity index is 588. The number of hydrogen-bond donors (Lipinski definition) is 2. The number of carbonyl (C=O) groups is 1. The van der Waals surface area contributed by atoms with E-state index in [0.29, 0.717) is 6.54 Å². The lowest BCUT2D eigenvalue weighted by molar-refractivity contribution is -0.121. The molecule has 2 aromatic rings. The lowest BCUT2D eigenvalue weighted by Crippen LogP contribution is -2.39. The molecule has 0 saturated heterocycles. The van der Waals surface area contributed by atoms with E-state index in [1.165, 1.54) is 4.88 Å². The molecule has 1 aromatic carbocycles. The van der Waals surface area contributed by atoms with Crippen molar-refractivity contribution in [3.05, 3.63) is 40.2 Å². The molecule has 3 N–H and O–H groups in total. The zero-order valence-electron chi connectivity index (χ0n) is 12.5. The summed E-state index contributed by atoms with van der Waals surface area (Å²) in [5.41, 5.74) is 7.66. The molecule has 0 radical (unpaired) electrons. The van der Waals surface area contributed by atoms with E-state index in [1.54, 1.807) is 18.3 Å². The number of thiazole rings is 1. The highest BCUT2D eigenvalue weighted by atomic mass is 35.5. The van der Waals surface area contributed by atoms with Gasteiger partial charge in [-0.3, -0.25) is 4.79 Å². The van der Waals surface area contributed by atoms with Crippen LogP contribution in [0.1, 0.15) is 16.8 Å². The summed E-state index contributed by atoms with van der Waals surface area (Å²) >= 11 is 1.68. The number of amides is 1. The SMILES string of the molecule is Cc1sc(CCNC(=O)[C@@H](C)N)nc1-c1ccccc1.Cl.Cl. The van der Waals surface area contributed by atoms with Crippen molar-refractivity contribution in [3.63, 3.8) is 0 Å². The first kappa shape index (κ1) is 20.9. The number of halogens is 2. The predicted octanol–water partition coefficient (Wildman–Crippen LogP) is 2.97. The lowest BCUT2D eigenvalue weighted by atomic mass is 10.1. The van der Waals surface area contributed by atoms with Gasteiger partial charge in [-0.05, 0) is 13.8 Å². The molecule has 0 saturated carbocycles. The number of rotatable bonds is 5. The summed E-state index contributed by atoms with van der Waals surface area (Å²) in [6.45, 7) is 4.32.